The minimum atomic E-state index is -0.353. The molecule has 22 heavy (non-hydrogen) atoms. The molecule has 3 aromatic rings. The van der Waals surface area contributed by atoms with Crippen LogP contribution in [0.3, 0.4) is 0 Å². The third-order valence-electron chi connectivity index (χ3n) is 3.78. The molecule has 112 valence electrons. The summed E-state index contributed by atoms with van der Waals surface area (Å²) >= 11 is 0. The Hall–Kier alpha value is -2.67. The molecule has 4 rings (SSSR count). The first-order valence-electron chi connectivity index (χ1n) is 6.96. The number of aromatic nitrogens is 2. The minimum Gasteiger partial charge on any atom is -0.463 e. The van der Waals surface area contributed by atoms with Crippen LogP contribution in [0.25, 0.3) is 11.0 Å². The zero-order valence-corrected chi connectivity index (χ0v) is 11.6. The minimum absolute atomic E-state index is 0.122. The second-order valence-electron chi connectivity index (χ2n) is 5.02. The predicted octanol–water partition coefficient (Wildman–Crippen LogP) is 2.03. The molecule has 0 bridgehead atoms. The summed E-state index contributed by atoms with van der Waals surface area (Å²) in [5.74, 6) is 0.323. The molecular formula is C15H13N3O4. The molecule has 1 amide bonds. The second kappa shape index (κ2) is 5.27. The maximum atomic E-state index is 12.9. The highest BCUT2D eigenvalue weighted by molar-refractivity contribution is 6.06. The van der Waals surface area contributed by atoms with E-state index in [9.17, 15) is 4.79 Å². The van der Waals surface area contributed by atoms with Crippen LogP contribution in [0.5, 0.6) is 0 Å². The Morgan fingerprint density at radius 2 is 2.23 bits per heavy atom. The number of nitrogens with zero attached hydrogens (tertiary/aromatic N) is 3. The van der Waals surface area contributed by atoms with Crippen molar-refractivity contribution in [2.75, 3.05) is 19.8 Å². The van der Waals surface area contributed by atoms with Crippen molar-refractivity contribution in [2.45, 2.75) is 6.04 Å². The van der Waals surface area contributed by atoms with Crippen molar-refractivity contribution >= 4 is 16.9 Å². The Labute approximate surface area is 125 Å². The number of rotatable bonds is 2. The monoisotopic (exact) mass is 299 g/mol. The number of furan rings is 1. The Bertz CT molecular complexity index is 796. The molecule has 0 saturated carbocycles. The molecular weight excluding hydrogens is 286 g/mol. The molecule has 1 aliphatic heterocycles. The first-order valence-corrected chi connectivity index (χ1v) is 6.96. The number of benzene rings is 1. The number of para-hydroxylation sites is 1. The first kappa shape index (κ1) is 13.0. The largest absolute Gasteiger partial charge is 0.463 e. The summed E-state index contributed by atoms with van der Waals surface area (Å²) in [6, 6.07) is 7.10. The average Bonchev–Trinajstić information content (AvgIpc) is 3.24. The molecule has 1 atom stereocenters. The molecule has 1 aromatic carbocycles. The number of hydrogen-bond acceptors (Lipinski definition) is 6. The molecule has 0 unspecified atom stereocenters. The van der Waals surface area contributed by atoms with Crippen LogP contribution in [0.15, 0.2) is 45.9 Å². The van der Waals surface area contributed by atoms with Crippen LogP contribution in [-0.4, -0.2) is 40.7 Å². The highest BCUT2D eigenvalue weighted by Gasteiger charge is 2.33. The lowest BCUT2D eigenvalue weighted by molar-refractivity contribution is -0.00571. The fourth-order valence-corrected chi connectivity index (χ4v) is 2.68. The number of amides is 1. The van der Waals surface area contributed by atoms with Gasteiger partial charge in [0, 0.05) is 11.9 Å². The normalized spacial score (nSPS) is 18.7. The summed E-state index contributed by atoms with van der Waals surface area (Å²) in [5.41, 5.74) is 1.22. The van der Waals surface area contributed by atoms with Crippen LogP contribution in [-0.2, 0) is 4.74 Å². The molecule has 3 heterocycles. The second-order valence-corrected chi connectivity index (χ2v) is 5.02. The van der Waals surface area contributed by atoms with E-state index in [0.717, 1.165) is 5.39 Å². The van der Waals surface area contributed by atoms with Gasteiger partial charge in [0.05, 0.1) is 18.8 Å². The number of fused-ring (bicyclic) bond motifs is 1. The molecule has 1 aliphatic rings. The van der Waals surface area contributed by atoms with E-state index in [0.29, 0.717) is 36.7 Å². The predicted molar refractivity (Wildman–Crippen MR) is 75.1 cm³/mol. The molecule has 0 N–H and O–H groups in total. The topological polar surface area (TPSA) is 81.6 Å². The van der Waals surface area contributed by atoms with Gasteiger partial charge in [0.1, 0.15) is 17.9 Å². The van der Waals surface area contributed by atoms with Gasteiger partial charge in [-0.3, -0.25) is 4.79 Å². The van der Waals surface area contributed by atoms with E-state index >= 15 is 0 Å². The zero-order valence-electron chi connectivity index (χ0n) is 11.6. The van der Waals surface area contributed by atoms with E-state index in [1.54, 1.807) is 4.90 Å². The maximum absolute atomic E-state index is 12.9. The van der Waals surface area contributed by atoms with Gasteiger partial charge in [-0.15, -0.1) is 0 Å². The number of carbonyl (C=O) groups excluding carboxylic acids is 1. The summed E-state index contributed by atoms with van der Waals surface area (Å²) < 4.78 is 15.7. The van der Waals surface area contributed by atoms with Crippen LogP contribution in [0.1, 0.15) is 22.2 Å². The van der Waals surface area contributed by atoms with Crippen LogP contribution >= 0.6 is 0 Å². The van der Waals surface area contributed by atoms with Crippen molar-refractivity contribution in [1.29, 1.82) is 0 Å². The molecule has 2 aromatic heterocycles. The van der Waals surface area contributed by atoms with Crippen molar-refractivity contribution in [1.82, 2.24) is 15.0 Å². The van der Waals surface area contributed by atoms with Gasteiger partial charge in [-0.25, -0.2) is 0 Å². The molecule has 0 aliphatic carbocycles. The lowest BCUT2D eigenvalue weighted by Crippen LogP contribution is -2.43. The Balaban J connectivity index is 1.71. The van der Waals surface area contributed by atoms with Crippen LogP contribution < -0.4 is 0 Å². The molecule has 1 saturated heterocycles. The smallest absolute Gasteiger partial charge is 0.258 e. The standard InChI is InChI=1S/C15H13N3O4/c19-15(11-7-21-13-4-2-1-3-10(11)13)18-5-6-20-8-12(18)14-16-9-22-17-14/h1-4,7,9,12H,5-6,8H2/t12-/m1/s1. The number of carbonyl (C=O) groups is 1. The Kier molecular flexibility index (Phi) is 3.12. The Morgan fingerprint density at radius 3 is 3.09 bits per heavy atom. The highest BCUT2D eigenvalue weighted by Crippen LogP contribution is 2.27. The van der Waals surface area contributed by atoms with Crippen molar-refractivity contribution in [2.24, 2.45) is 0 Å². The number of hydrogen-bond donors (Lipinski definition) is 0. The summed E-state index contributed by atoms with van der Waals surface area (Å²) in [5, 5.41) is 4.63. The molecule has 7 nitrogen and oxygen atoms in total. The van der Waals surface area contributed by atoms with E-state index in [4.69, 9.17) is 13.7 Å². The average molecular weight is 299 g/mol. The third-order valence-corrected chi connectivity index (χ3v) is 3.78. The van der Waals surface area contributed by atoms with Crippen molar-refractivity contribution < 1.29 is 18.5 Å². The third kappa shape index (κ3) is 2.06. The lowest BCUT2D eigenvalue weighted by atomic mass is 10.1. The van der Waals surface area contributed by atoms with Gasteiger partial charge in [-0.2, -0.15) is 4.98 Å². The van der Waals surface area contributed by atoms with E-state index in [1.807, 2.05) is 24.3 Å². The number of ether oxygens (including phenoxy) is 1. The van der Waals surface area contributed by atoms with E-state index in [1.165, 1.54) is 12.7 Å². The first-order chi connectivity index (χ1) is 10.8. The molecule has 1 fully saturated rings. The van der Waals surface area contributed by atoms with Gasteiger partial charge < -0.3 is 18.6 Å². The van der Waals surface area contributed by atoms with Gasteiger partial charge in [0.2, 0.25) is 6.39 Å². The Morgan fingerprint density at radius 1 is 1.32 bits per heavy atom. The fourth-order valence-electron chi connectivity index (χ4n) is 2.68. The van der Waals surface area contributed by atoms with Crippen LogP contribution in [0.4, 0.5) is 0 Å². The van der Waals surface area contributed by atoms with Gasteiger partial charge in [0.15, 0.2) is 5.82 Å². The molecule has 7 heteroatoms. The van der Waals surface area contributed by atoms with Crippen molar-refractivity contribution in [3.05, 3.63) is 48.3 Å². The quantitative estimate of drug-likeness (QED) is 0.720. The summed E-state index contributed by atoms with van der Waals surface area (Å²) in [6.45, 7) is 1.30. The van der Waals surface area contributed by atoms with Gasteiger partial charge >= 0.3 is 0 Å². The van der Waals surface area contributed by atoms with Crippen molar-refractivity contribution in [3.63, 3.8) is 0 Å². The van der Waals surface area contributed by atoms with Crippen molar-refractivity contribution in [3.8, 4) is 0 Å². The highest BCUT2D eigenvalue weighted by atomic mass is 16.5. The summed E-state index contributed by atoms with van der Waals surface area (Å²) in [4.78, 5) is 18.6. The lowest BCUT2D eigenvalue weighted by Gasteiger charge is -2.33. The SMILES string of the molecule is O=C(c1coc2ccccc12)N1CCOC[C@@H]1c1ncon1. The molecule has 0 spiro atoms. The summed E-state index contributed by atoms with van der Waals surface area (Å²) in [6.07, 6.45) is 2.75. The van der Waals surface area contributed by atoms with Gasteiger partial charge in [0.25, 0.3) is 5.91 Å². The van der Waals surface area contributed by atoms with Gasteiger partial charge in [-0.1, -0.05) is 23.4 Å². The fraction of sp³-hybridized carbons (Fsp3) is 0.267. The van der Waals surface area contributed by atoms with Crippen LogP contribution in [0, 0.1) is 0 Å². The zero-order chi connectivity index (χ0) is 14.9. The van der Waals surface area contributed by atoms with E-state index < -0.39 is 0 Å². The van der Waals surface area contributed by atoms with E-state index in [-0.39, 0.29) is 11.9 Å². The maximum Gasteiger partial charge on any atom is 0.258 e. The van der Waals surface area contributed by atoms with Gasteiger partial charge in [-0.05, 0) is 6.07 Å². The van der Waals surface area contributed by atoms with Crippen LogP contribution in [0.2, 0.25) is 0 Å². The molecule has 0 radical (unpaired) electrons. The van der Waals surface area contributed by atoms with E-state index in [2.05, 4.69) is 10.1 Å². The summed E-state index contributed by atoms with van der Waals surface area (Å²) in [7, 11) is 0. The number of morpholine rings is 1.